The summed E-state index contributed by atoms with van der Waals surface area (Å²) in [6, 6.07) is 17.5. The number of carbonyl (C=O) groups excluding carboxylic acids is 2. The number of nitrogens with one attached hydrogen (secondary N) is 1. The molecule has 10 heteroatoms. The number of methoxy groups -OCH3 is 1. The van der Waals surface area contributed by atoms with Crippen molar-refractivity contribution in [2.24, 2.45) is 0 Å². The topological polar surface area (TPSA) is 121 Å². The molecule has 0 unspecified atom stereocenters. The number of hydrogen-bond donors (Lipinski definition) is 1. The van der Waals surface area contributed by atoms with E-state index in [1.54, 1.807) is 12.1 Å². The van der Waals surface area contributed by atoms with Crippen LogP contribution in [0, 0.1) is 10.1 Å². The van der Waals surface area contributed by atoms with Gasteiger partial charge in [-0.2, -0.15) is 0 Å². The first-order valence-corrected chi connectivity index (χ1v) is 9.79. The van der Waals surface area contributed by atoms with E-state index in [0.29, 0.717) is 5.69 Å². The van der Waals surface area contributed by atoms with Gasteiger partial charge in [-0.3, -0.25) is 24.3 Å². The Morgan fingerprint density at radius 1 is 1.13 bits per heavy atom. The van der Waals surface area contributed by atoms with Crippen molar-refractivity contribution in [3.63, 3.8) is 0 Å². The molecule has 158 valence electrons. The fourth-order valence-electron chi connectivity index (χ4n) is 2.71. The van der Waals surface area contributed by atoms with Crippen molar-refractivity contribution >= 4 is 35.0 Å². The third-order valence-electron chi connectivity index (χ3n) is 4.13. The normalized spacial score (nSPS) is 10.4. The summed E-state index contributed by atoms with van der Waals surface area (Å²) in [7, 11) is 1.05. The first kappa shape index (κ1) is 21.8. The van der Waals surface area contributed by atoms with Gasteiger partial charge in [-0.1, -0.05) is 42.1 Å². The average molecular weight is 439 g/mol. The van der Waals surface area contributed by atoms with Crippen molar-refractivity contribution < 1.29 is 19.2 Å². The average Bonchev–Trinajstić information content (AvgIpc) is 2.76. The van der Waals surface area contributed by atoms with Gasteiger partial charge in [0.15, 0.2) is 0 Å². The molecule has 1 amide bonds. The molecule has 1 aromatic heterocycles. The largest absolute Gasteiger partial charge is 0.465 e. The maximum Gasteiger partial charge on any atom is 0.343 e. The lowest BCUT2D eigenvalue weighted by Gasteiger charge is -2.12. The van der Waals surface area contributed by atoms with Gasteiger partial charge in [0, 0.05) is 15.9 Å². The van der Waals surface area contributed by atoms with Crippen molar-refractivity contribution in [3.05, 3.63) is 92.9 Å². The van der Waals surface area contributed by atoms with E-state index in [9.17, 15) is 24.5 Å². The van der Waals surface area contributed by atoms with Gasteiger partial charge in [0.05, 0.1) is 23.9 Å². The van der Waals surface area contributed by atoms with Gasteiger partial charge in [-0.25, -0.2) is 4.79 Å². The second-order valence-electron chi connectivity index (χ2n) is 6.25. The van der Waals surface area contributed by atoms with E-state index in [4.69, 9.17) is 0 Å². The molecule has 0 radical (unpaired) electrons. The van der Waals surface area contributed by atoms with E-state index < -0.39 is 40.2 Å². The van der Waals surface area contributed by atoms with Crippen molar-refractivity contribution in [3.8, 4) is 0 Å². The SMILES string of the molecule is COC(=O)c1cc([N+](=O)[O-])cn(CC(=O)Nc2ccccc2Sc2ccccc2)c1=O. The minimum Gasteiger partial charge on any atom is -0.465 e. The van der Waals surface area contributed by atoms with Crippen molar-refractivity contribution in [2.75, 3.05) is 12.4 Å². The van der Waals surface area contributed by atoms with Crippen LogP contribution in [0.2, 0.25) is 0 Å². The molecule has 0 spiro atoms. The number of esters is 1. The number of benzene rings is 2. The van der Waals surface area contributed by atoms with Gasteiger partial charge in [0.1, 0.15) is 12.1 Å². The van der Waals surface area contributed by atoms with Gasteiger partial charge < -0.3 is 10.1 Å². The summed E-state index contributed by atoms with van der Waals surface area (Å²) in [5.74, 6) is -1.60. The highest BCUT2D eigenvalue weighted by Crippen LogP contribution is 2.33. The molecule has 0 bridgehead atoms. The lowest BCUT2D eigenvalue weighted by atomic mass is 10.2. The molecule has 0 aliphatic rings. The molecule has 9 nitrogen and oxygen atoms in total. The Morgan fingerprint density at radius 3 is 2.48 bits per heavy atom. The Bertz CT molecular complexity index is 1190. The standard InChI is InChI=1S/C21H17N3O6S/c1-30-21(27)16-11-14(24(28)29)12-23(20(16)26)13-19(25)22-17-9-5-6-10-18(17)31-15-7-3-2-4-8-15/h2-12H,13H2,1H3,(H,22,25). The first-order chi connectivity index (χ1) is 14.9. The zero-order valence-electron chi connectivity index (χ0n) is 16.3. The maximum atomic E-state index is 12.6. The number of aromatic nitrogens is 1. The van der Waals surface area contributed by atoms with E-state index in [1.807, 2.05) is 42.5 Å². The van der Waals surface area contributed by atoms with E-state index >= 15 is 0 Å². The van der Waals surface area contributed by atoms with Gasteiger partial charge in [-0.05, 0) is 24.3 Å². The van der Waals surface area contributed by atoms with Crippen LogP contribution < -0.4 is 10.9 Å². The van der Waals surface area contributed by atoms with Crippen LogP contribution in [0.5, 0.6) is 0 Å². The summed E-state index contributed by atoms with van der Waals surface area (Å²) in [6.45, 7) is -0.519. The lowest BCUT2D eigenvalue weighted by Crippen LogP contribution is -2.31. The summed E-state index contributed by atoms with van der Waals surface area (Å²) in [6.07, 6.45) is 0.916. The molecule has 1 N–H and O–H groups in total. The van der Waals surface area contributed by atoms with E-state index in [-0.39, 0.29) is 0 Å². The number of ether oxygens (including phenoxy) is 1. The number of hydrogen-bond acceptors (Lipinski definition) is 7. The molecule has 31 heavy (non-hydrogen) atoms. The monoisotopic (exact) mass is 439 g/mol. The molecule has 0 fully saturated rings. The van der Waals surface area contributed by atoms with Crippen LogP contribution in [0.3, 0.4) is 0 Å². The molecular weight excluding hydrogens is 422 g/mol. The molecule has 0 saturated carbocycles. The Balaban J connectivity index is 1.85. The third-order valence-corrected chi connectivity index (χ3v) is 5.22. The number of pyridine rings is 1. The number of rotatable bonds is 7. The highest BCUT2D eigenvalue weighted by molar-refractivity contribution is 7.99. The van der Waals surface area contributed by atoms with Crippen molar-refractivity contribution in [2.45, 2.75) is 16.3 Å². The molecule has 3 rings (SSSR count). The smallest absolute Gasteiger partial charge is 0.343 e. The molecule has 0 aliphatic heterocycles. The van der Waals surface area contributed by atoms with E-state index in [0.717, 1.165) is 33.7 Å². The van der Waals surface area contributed by atoms with Gasteiger partial charge in [0.25, 0.3) is 11.2 Å². The summed E-state index contributed by atoms with van der Waals surface area (Å²) in [5.41, 5.74) is -1.37. The summed E-state index contributed by atoms with van der Waals surface area (Å²) in [5, 5.41) is 13.9. The fourth-order valence-corrected chi connectivity index (χ4v) is 3.64. The van der Waals surface area contributed by atoms with Crippen LogP contribution in [0.15, 0.2) is 81.4 Å². The number of anilines is 1. The van der Waals surface area contributed by atoms with E-state index in [1.165, 1.54) is 11.8 Å². The van der Waals surface area contributed by atoms with Crippen LogP contribution in [-0.4, -0.2) is 28.5 Å². The Kier molecular flexibility index (Phi) is 6.83. The van der Waals surface area contributed by atoms with Crippen LogP contribution in [0.25, 0.3) is 0 Å². The molecule has 2 aromatic carbocycles. The second kappa shape index (κ2) is 9.72. The highest BCUT2D eigenvalue weighted by Gasteiger charge is 2.21. The number of nitrogens with zero attached hydrogens (tertiary/aromatic N) is 2. The van der Waals surface area contributed by atoms with Crippen molar-refractivity contribution in [1.82, 2.24) is 4.57 Å². The predicted octanol–water partition coefficient (Wildman–Crippen LogP) is 3.33. The fraction of sp³-hybridized carbons (Fsp3) is 0.0952. The Hall–Kier alpha value is -3.92. The second-order valence-corrected chi connectivity index (χ2v) is 7.37. The van der Waals surface area contributed by atoms with Crippen LogP contribution in [-0.2, 0) is 16.1 Å². The Labute approximate surface area is 180 Å². The zero-order chi connectivity index (χ0) is 22.4. The molecule has 0 saturated heterocycles. The van der Waals surface area contributed by atoms with Crippen LogP contribution >= 0.6 is 11.8 Å². The predicted molar refractivity (Wildman–Crippen MR) is 114 cm³/mol. The highest BCUT2D eigenvalue weighted by atomic mass is 32.2. The summed E-state index contributed by atoms with van der Waals surface area (Å²) in [4.78, 5) is 49.0. The summed E-state index contributed by atoms with van der Waals surface area (Å²) >= 11 is 1.45. The lowest BCUT2D eigenvalue weighted by molar-refractivity contribution is -0.385. The molecule has 3 aromatic rings. The maximum absolute atomic E-state index is 12.6. The number of amides is 1. The third kappa shape index (κ3) is 5.37. The van der Waals surface area contributed by atoms with Gasteiger partial charge in [-0.15, -0.1) is 0 Å². The first-order valence-electron chi connectivity index (χ1n) is 8.98. The quantitative estimate of drug-likeness (QED) is 0.340. The molecule has 0 atom stereocenters. The molecule has 1 heterocycles. The van der Waals surface area contributed by atoms with Crippen LogP contribution in [0.1, 0.15) is 10.4 Å². The molecular formula is C21H17N3O6S. The number of para-hydroxylation sites is 1. The minimum atomic E-state index is -1.02. The minimum absolute atomic E-state index is 0.507. The Morgan fingerprint density at radius 2 is 1.81 bits per heavy atom. The van der Waals surface area contributed by atoms with E-state index in [2.05, 4.69) is 10.1 Å². The zero-order valence-corrected chi connectivity index (χ0v) is 17.1. The van der Waals surface area contributed by atoms with Crippen LogP contribution in [0.4, 0.5) is 11.4 Å². The summed E-state index contributed by atoms with van der Waals surface area (Å²) < 4.78 is 5.31. The van der Waals surface area contributed by atoms with Gasteiger partial charge >= 0.3 is 5.97 Å². The number of carbonyl (C=O) groups is 2. The molecule has 0 aliphatic carbocycles. The number of nitro groups is 1. The van der Waals surface area contributed by atoms with Crippen molar-refractivity contribution in [1.29, 1.82) is 0 Å². The van der Waals surface area contributed by atoms with Gasteiger partial charge in [0.2, 0.25) is 5.91 Å².